The Morgan fingerprint density at radius 3 is 2.60 bits per heavy atom. The van der Waals surface area contributed by atoms with Crippen molar-refractivity contribution in [3.63, 3.8) is 0 Å². The van der Waals surface area contributed by atoms with Gasteiger partial charge in [-0.25, -0.2) is 8.42 Å². The number of sulfonamides is 1. The van der Waals surface area contributed by atoms with Gasteiger partial charge in [0.2, 0.25) is 10.0 Å². The maximum atomic E-state index is 11.5. The Labute approximate surface area is 210 Å². The standard InChI is InChI=1S/C26H28ClN3O4S/c1-17-21-10-9-20(15-23(21)29-26(17)18-6-4-3-5-7-18)34-13-12-28-16-25(31)19-8-11-22(27)24(14-19)30-35(2,32)33/h3-11,14-15,25,28-31H,12-13,16H2,1-2H3/t25-/m0/s1. The van der Waals surface area contributed by atoms with Crippen LogP contribution < -0.4 is 14.8 Å². The molecule has 9 heteroatoms. The van der Waals surface area contributed by atoms with Crippen molar-refractivity contribution >= 4 is 38.2 Å². The number of hydrogen-bond donors (Lipinski definition) is 4. The van der Waals surface area contributed by atoms with Gasteiger partial charge >= 0.3 is 0 Å². The fourth-order valence-corrected chi connectivity index (χ4v) is 4.72. The molecule has 0 aliphatic carbocycles. The molecule has 7 nitrogen and oxygen atoms in total. The fraction of sp³-hybridized carbons (Fsp3) is 0.231. The summed E-state index contributed by atoms with van der Waals surface area (Å²) in [6.07, 6.45) is 0.215. The van der Waals surface area contributed by atoms with Gasteiger partial charge in [-0.1, -0.05) is 48.0 Å². The number of aryl methyl sites for hydroxylation is 1. The van der Waals surface area contributed by atoms with E-state index in [9.17, 15) is 13.5 Å². The number of aromatic amines is 1. The summed E-state index contributed by atoms with van der Waals surface area (Å²) in [5.74, 6) is 0.759. The number of benzene rings is 3. The first kappa shape index (κ1) is 25.1. The van der Waals surface area contributed by atoms with Gasteiger partial charge in [-0.3, -0.25) is 4.72 Å². The quantitative estimate of drug-likeness (QED) is 0.226. The van der Waals surface area contributed by atoms with Gasteiger partial charge in [-0.15, -0.1) is 0 Å². The maximum absolute atomic E-state index is 11.5. The summed E-state index contributed by atoms with van der Waals surface area (Å²) in [6.45, 7) is 3.33. The third kappa shape index (κ3) is 6.35. The summed E-state index contributed by atoms with van der Waals surface area (Å²) in [6, 6.07) is 21.0. The normalized spacial score (nSPS) is 12.6. The molecule has 0 bridgehead atoms. The van der Waals surface area contributed by atoms with Crippen molar-refractivity contribution < 1.29 is 18.3 Å². The Morgan fingerprint density at radius 2 is 1.86 bits per heavy atom. The van der Waals surface area contributed by atoms with Crippen LogP contribution in [0.4, 0.5) is 5.69 Å². The van der Waals surface area contributed by atoms with Crippen LogP contribution in [0.5, 0.6) is 5.75 Å². The van der Waals surface area contributed by atoms with Gasteiger partial charge in [0.1, 0.15) is 12.4 Å². The molecule has 0 saturated carbocycles. The van der Waals surface area contributed by atoms with Crippen LogP contribution in [-0.2, 0) is 10.0 Å². The van der Waals surface area contributed by atoms with Crippen molar-refractivity contribution in [2.24, 2.45) is 0 Å². The predicted octanol–water partition coefficient (Wildman–Crippen LogP) is 4.87. The van der Waals surface area contributed by atoms with E-state index in [0.29, 0.717) is 18.7 Å². The molecule has 0 aliphatic rings. The smallest absolute Gasteiger partial charge is 0.229 e. The van der Waals surface area contributed by atoms with Gasteiger partial charge in [0.15, 0.2) is 0 Å². The number of fused-ring (bicyclic) bond motifs is 1. The molecule has 1 heterocycles. The minimum absolute atomic E-state index is 0.236. The topological polar surface area (TPSA) is 103 Å². The first-order valence-corrected chi connectivity index (χ1v) is 13.4. The lowest BCUT2D eigenvalue weighted by atomic mass is 10.1. The van der Waals surface area contributed by atoms with Gasteiger partial charge in [-0.05, 0) is 47.9 Å². The van der Waals surface area contributed by atoms with Crippen LogP contribution in [0.2, 0.25) is 5.02 Å². The second-order valence-corrected chi connectivity index (χ2v) is 10.5. The molecule has 1 atom stereocenters. The molecule has 4 rings (SSSR count). The van der Waals surface area contributed by atoms with Crippen molar-refractivity contribution in [3.05, 3.63) is 82.9 Å². The van der Waals surface area contributed by atoms with Crippen molar-refractivity contribution in [1.29, 1.82) is 0 Å². The van der Waals surface area contributed by atoms with E-state index >= 15 is 0 Å². The highest BCUT2D eigenvalue weighted by atomic mass is 35.5. The minimum atomic E-state index is -3.47. The van der Waals surface area contributed by atoms with Crippen LogP contribution in [0.3, 0.4) is 0 Å². The molecule has 1 aromatic heterocycles. The number of hydrogen-bond acceptors (Lipinski definition) is 5. The largest absolute Gasteiger partial charge is 0.492 e. The van der Waals surface area contributed by atoms with Gasteiger partial charge in [-0.2, -0.15) is 0 Å². The first-order chi connectivity index (χ1) is 16.7. The lowest BCUT2D eigenvalue weighted by Crippen LogP contribution is -2.26. The minimum Gasteiger partial charge on any atom is -0.492 e. The summed E-state index contributed by atoms with van der Waals surface area (Å²) < 4.78 is 31.2. The lowest BCUT2D eigenvalue weighted by molar-refractivity contribution is 0.172. The van der Waals surface area contributed by atoms with Crippen molar-refractivity contribution in [2.45, 2.75) is 13.0 Å². The second-order valence-electron chi connectivity index (χ2n) is 8.38. The summed E-state index contributed by atoms with van der Waals surface area (Å²) in [5, 5.41) is 15.0. The molecule has 3 aromatic carbocycles. The molecule has 4 aromatic rings. The average molecular weight is 514 g/mol. The Morgan fingerprint density at radius 1 is 1.09 bits per heavy atom. The molecule has 4 N–H and O–H groups in total. The van der Waals surface area contributed by atoms with Gasteiger partial charge in [0, 0.05) is 35.8 Å². The third-order valence-electron chi connectivity index (χ3n) is 5.65. The monoisotopic (exact) mass is 513 g/mol. The van der Waals surface area contributed by atoms with Crippen LogP contribution in [0, 0.1) is 6.92 Å². The van der Waals surface area contributed by atoms with E-state index in [2.05, 4.69) is 40.1 Å². The number of nitrogens with one attached hydrogen (secondary N) is 3. The zero-order valence-electron chi connectivity index (χ0n) is 19.5. The highest BCUT2D eigenvalue weighted by Gasteiger charge is 2.13. The number of H-pyrrole nitrogens is 1. The van der Waals surface area contributed by atoms with Gasteiger partial charge in [0.05, 0.1) is 23.1 Å². The van der Waals surface area contributed by atoms with Crippen molar-refractivity contribution in [1.82, 2.24) is 10.3 Å². The molecule has 0 unspecified atom stereocenters. The highest BCUT2D eigenvalue weighted by molar-refractivity contribution is 7.92. The molecule has 0 amide bonds. The molecular weight excluding hydrogens is 486 g/mol. The number of aromatic nitrogens is 1. The van der Waals surface area contributed by atoms with E-state index < -0.39 is 16.1 Å². The number of rotatable bonds is 10. The number of halogens is 1. The van der Waals surface area contributed by atoms with E-state index in [4.69, 9.17) is 16.3 Å². The van der Waals surface area contributed by atoms with E-state index in [1.807, 2.05) is 30.3 Å². The number of ether oxygens (including phenoxy) is 1. The van der Waals surface area contributed by atoms with E-state index in [1.165, 1.54) is 11.6 Å². The Hall–Kier alpha value is -3.04. The number of aliphatic hydroxyl groups is 1. The van der Waals surface area contributed by atoms with E-state index in [0.717, 1.165) is 34.2 Å². The Balaban J connectivity index is 1.30. The number of aliphatic hydroxyl groups excluding tert-OH is 1. The van der Waals surface area contributed by atoms with Crippen molar-refractivity contribution in [2.75, 3.05) is 30.7 Å². The molecule has 0 spiro atoms. The molecule has 0 aliphatic heterocycles. The Bertz CT molecular complexity index is 1420. The molecule has 0 saturated heterocycles. The molecule has 35 heavy (non-hydrogen) atoms. The molecule has 0 fully saturated rings. The zero-order chi connectivity index (χ0) is 25.0. The highest BCUT2D eigenvalue weighted by Crippen LogP contribution is 2.31. The summed E-state index contributed by atoms with van der Waals surface area (Å²) >= 11 is 6.05. The summed E-state index contributed by atoms with van der Waals surface area (Å²) in [7, 11) is -3.47. The van der Waals surface area contributed by atoms with Crippen LogP contribution in [0.1, 0.15) is 17.2 Å². The van der Waals surface area contributed by atoms with E-state index in [1.54, 1.807) is 12.1 Å². The summed E-state index contributed by atoms with van der Waals surface area (Å²) in [4.78, 5) is 3.50. The maximum Gasteiger partial charge on any atom is 0.229 e. The molecule has 0 radical (unpaired) electrons. The average Bonchev–Trinajstić information content (AvgIpc) is 3.15. The number of anilines is 1. The molecular formula is C26H28ClN3O4S. The summed E-state index contributed by atoms with van der Waals surface area (Å²) in [5.41, 5.74) is 5.25. The Kier molecular flexibility index (Phi) is 7.66. The third-order valence-corrected chi connectivity index (χ3v) is 6.57. The van der Waals surface area contributed by atoms with Crippen LogP contribution >= 0.6 is 11.6 Å². The van der Waals surface area contributed by atoms with Crippen LogP contribution in [0.15, 0.2) is 66.7 Å². The van der Waals surface area contributed by atoms with Crippen LogP contribution in [0.25, 0.3) is 22.2 Å². The lowest BCUT2D eigenvalue weighted by Gasteiger charge is -2.15. The van der Waals surface area contributed by atoms with E-state index in [-0.39, 0.29) is 17.3 Å². The zero-order valence-corrected chi connectivity index (χ0v) is 21.1. The second kappa shape index (κ2) is 10.7. The fourth-order valence-electron chi connectivity index (χ4n) is 3.93. The van der Waals surface area contributed by atoms with Gasteiger partial charge in [0.25, 0.3) is 0 Å². The van der Waals surface area contributed by atoms with Gasteiger partial charge < -0.3 is 20.1 Å². The first-order valence-electron chi connectivity index (χ1n) is 11.2. The van der Waals surface area contributed by atoms with Crippen LogP contribution in [-0.4, -0.2) is 44.5 Å². The predicted molar refractivity (Wildman–Crippen MR) is 142 cm³/mol. The van der Waals surface area contributed by atoms with Crippen molar-refractivity contribution in [3.8, 4) is 17.0 Å². The SMILES string of the molecule is Cc1c(-c2ccccc2)[nH]c2cc(OCCNC[C@H](O)c3ccc(Cl)c(NS(C)(=O)=O)c3)ccc12. The molecule has 184 valence electrons.